The molecule has 0 saturated heterocycles. The largest absolute Gasteiger partial charge is 0.357 e. The summed E-state index contributed by atoms with van der Waals surface area (Å²) in [6.07, 6.45) is 2.25. The second-order valence-electron chi connectivity index (χ2n) is 5.64. The van der Waals surface area contributed by atoms with E-state index in [4.69, 9.17) is 0 Å². The Morgan fingerprint density at radius 3 is 2.24 bits per heavy atom. The minimum Gasteiger partial charge on any atom is -0.357 e. The van der Waals surface area contributed by atoms with Gasteiger partial charge in [-0.1, -0.05) is 0 Å². The third kappa shape index (κ3) is 6.12. The monoisotopic (exact) mass is 295 g/mol. The molecule has 2 N–H and O–H groups in total. The van der Waals surface area contributed by atoms with Crippen molar-refractivity contribution in [3.63, 3.8) is 0 Å². The number of hydrogen-bond acceptors (Lipinski definition) is 7. The fraction of sp³-hybridized carbons (Fsp3) is 0.786. The third-order valence-electron chi connectivity index (χ3n) is 3.35. The Labute approximate surface area is 128 Å². The van der Waals surface area contributed by atoms with Gasteiger partial charge in [-0.05, 0) is 40.3 Å². The summed E-state index contributed by atoms with van der Waals surface area (Å²) in [5.41, 5.74) is 0. The Morgan fingerprint density at radius 2 is 1.67 bits per heavy atom. The number of hydrogen-bond donors (Lipinski definition) is 2. The number of nitrogens with one attached hydrogen (secondary N) is 2. The number of anilines is 3. The molecule has 0 saturated carbocycles. The molecule has 21 heavy (non-hydrogen) atoms. The van der Waals surface area contributed by atoms with Crippen LogP contribution in [0.3, 0.4) is 0 Å². The minimum atomic E-state index is 0.579. The van der Waals surface area contributed by atoms with Gasteiger partial charge < -0.3 is 20.4 Å². The Balaban J connectivity index is 2.43. The highest BCUT2D eigenvalue weighted by Gasteiger charge is 2.07. The molecule has 7 nitrogen and oxygen atoms in total. The fourth-order valence-corrected chi connectivity index (χ4v) is 1.70. The first-order valence-corrected chi connectivity index (χ1v) is 7.49. The van der Waals surface area contributed by atoms with Gasteiger partial charge in [0.05, 0.1) is 0 Å². The smallest absolute Gasteiger partial charge is 0.231 e. The van der Waals surface area contributed by atoms with Crippen LogP contribution in [0, 0.1) is 0 Å². The van der Waals surface area contributed by atoms with E-state index in [1.807, 2.05) is 19.0 Å². The van der Waals surface area contributed by atoms with E-state index in [-0.39, 0.29) is 0 Å². The minimum absolute atomic E-state index is 0.579. The van der Waals surface area contributed by atoms with Gasteiger partial charge in [0.25, 0.3) is 0 Å². The molecule has 0 aliphatic heterocycles. The van der Waals surface area contributed by atoms with Gasteiger partial charge in [-0.2, -0.15) is 15.0 Å². The highest BCUT2D eigenvalue weighted by atomic mass is 15.3. The van der Waals surface area contributed by atoms with Gasteiger partial charge in [-0.15, -0.1) is 0 Å². The highest BCUT2D eigenvalue weighted by molar-refractivity contribution is 5.42. The molecule has 0 aromatic carbocycles. The molecule has 0 atom stereocenters. The summed E-state index contributed by atoms with van der Waals surface area (Å²) in [6, 6.07) is 0.599. The Hall–Kier alpha value is -1.63. The molecule has 1 heterocycles. The molecule has 120 valence electrons. The van der Waals surface area contributed by atoms with Crippen molar-refractivity contribution in [2.75, 3.05) is 56.8 Å². The van der Waals surface area contributed by atoms with Gasteiger partial charge in [0.2, 0.25) is 17.8 Å². The lowest BCUT2D eigenvalue weighted by Crippen LogP contribution is -2.27. The second kappa shape index (κ2) is 8.61. The van der Waals surface area contributed by atoms with E-state index in [1.165, 1.54) is 0 Å². The molecular formula is C14H29N7. The van der Waals surface area contributed by atoms with Crippen LogP contribution in [-0.2, 0) is 0 Å². The van der Waals surface area contributed by atoms with E-state index in [0.29, 0.717) is 23.9 Å². The average molecular weight is 295 g/mol. The molecule has 0 spiro atoms. The van der Waals surface area contributed by atoms with E-state index in [2.05, 4.69) is 51.4 Å². The topological polar surface area (TPSA) is 69.2 Å². The van der Waals surface area contributed by atoms with Crippen molar-refractivity contribution in [3.05, 3.63) is 0 Å². The molecule has 0 bridgehead atoms. The summed E-state index contributed by atoms with van der Waals surface area (Å²) in [4.78, 5) is 17.2. The molecule has 1 aromatic heterocycles. The van der Waals surface area contributed by atoms with Crippen molar-refractivity contribution in [1.29, 1.82) is 0 Å². The van der Waals surface area contributed by atoms with Crippen molar-refractivity contribution in [2.24, 2.45) is 0 Å². The molecule has 1 aromatic rings. The summed E-state index contributed by atoms with van der Waals surface area (Å²) in [5.74, 6) is 1.85. The first kappa shape index (κ1) is 17.4. The van der Waals surface area contributed by atoms with E-state index in [0.717, 1.165) is 25.9 Å². The molecule has 0 unspecified atom stereocenters. The van der Waals surface area contributed by atoms with E-state index < -0.39 is 0 Å². The molecule has 0 aliphatic carbocycles. The van der Waals surface area contributed by atoms with Crippen LogP contribution < -0.4 is 15.5 Å². The van der Waals surface area contributed by atoms with Crippen LogP contribution >= 0.6 is 0 Å². The van der Waals surface area contributed by atoms with Crippen molar-refractivity contribution in [3.8, 4) is 0 Å². The molecule has 7 heteroatoms. The van der Waals surface area contributed by atoms with E-state index in [9.17, 15) is 0 Å². The summed E-state index contributed by atoms with van der Waals surface area (Å²) >= 11 is 0. The van der Waals surface area contributed by atoms with Gasteiger partial charge in [0.15, 0.2) is 0 Å². The Morgan fingerprint density at radius 1 is 1.00 bits per heavy atom. The highest BCUT2D eigenvalue weighted by Crippen LogP contribution is 2.11. The lowest BCUT2D eigenvalue weighted by molar-refractivity contribution is 0.269. The van der Waals surface area contributed by atoms with E-state index >= 15 is 0 Å². The molecule has 0 fully saturated rings. The Kier molecular flexibility index (Phi) is 7.14. The maximum atomic E-state index is 4.38. The fourth-order valence-electron chi connectivity index (χ4n) is 1.70. The number of nitrogens with zero attached hydrogens (tertiary/aromatic N) is 5. The maximum Gasteiger partial charge on any atom is 0.231 e. The van der Waals surface area contributed by atoms with Gasteiger partial charge in [-0.25, -0.2) is 0 Å². The first-order valence-electron chi connectivity index (χ1n) is 7.49. The summed E-state index contributed by atoms with van der Waals surface area (Å²) < 4.78 is 0. The van der Waals surface area contributed by atoms with Crippen molar-refractivity contribution >= 4 is 17.8 Å². The average Bonchev–Trinajstić information content (AvgIpc) is 2.46. The molecule has 1 rings (SSSR count). The van der Waals surface area contributed by atoms with Gasteiger partial charge >= 0.3 is 0 Å². The predicted molar refractivity (Wildman–Crippen MR) is 89.2 cm³/mol. The zero-order chi connectivity index (χ0) is 15.8. The first-order chi connectivity index (χ1) is 9.93. The third-order valence-corrected chi connectivity index (χ3v) is 3.35. The lowest BCUT2D eigenvalue weighted by Gasteiger charge is -2.20. The summed E-state index contributed by atoms with van der Waals surface area (Å²) in [5, 5.41) is 6.23. The number of unbranched alkanes of at least 4 members (excludes halogenated alkanes) is 1. The van der Waals surface area contributed by atoms with Crippen molar-refractivity contribution in [2.45, 2.75) is 32.7 Å². The normalized spacial score (nSPS) is 11.0. The zero-order valence-electron chi connectivity index (χ0n) is 14.1. The second-order valence-corrected chi connectivity index (χ2v) is 5.64. The number of aromatic nitrogens is 3. The van der Waals surface area contributed by atoms with Crippen LogP contribution in [0.4, 0.5) is 17.8 Å². The molecule has 0 amide bonds. The predicted octanol–water partition coefficient (Wildman–Crippen LogP) is 1.51. The van der Waals surface area contributed by atoms with Crippen molar-refractivity contribution < 1.29 is 0 Å². The van der Waals surface area contributed by atoms with Crippen LogP contribution in [0.5, 0.6) is 0 Å². The van der Waals surface area contributed by atoms with Crippen molar-refractivity contribution in [1.82, 2.24) is 19.9 Å². The maximum absolute atomic E-state index is 4.38. The zero-order valence-corrected chi connectivity index (χ0v) is 14.1. The van der Waals surface area contributed by atoms with Crippen LogP contribution in [0.15, 0.2) is 0 Å². The quantitative estimate of drug-likeness (QED) is 0.669. The van der Waals surface area contributed by atoms with Crippen LogP contribution in [-0.4, -0.2) is 67.2 Å². The summed E-state index contributed by atoms with van der Waals surface area (Å²) in [7, 11) is 7.80. The summed E-state index contributed by atoms with van der Waals surface area (Å²) in [6.45, 7) is 6.41. The SMILES string of the molecule is CNc1nc(NCCCCN(C)C(C)C)nc(N(C)C)n1. The van der Waals surface area contributed by atoms with Crippen LogP contribution in [0.1, 0.15) is 26.7 Å². The molecule has 0 aliphatic rings. The van der Waals surface area contributed by atoms with Gasteiger partial charge in [-0.3, -0.25) is 0 Å². The molecular weight excluding hydrogens is 266 g/mol. The van der Waals surface area contributed by atoms with Crippen LogP contribution in [0.2, 0.25) is 0 Å². The lowest BCUT2D eigenvalue weighted by atomic mass is 10.2. The Bertz CT molecular complexity index is 420. The number of rotatable bonds is 9. The standard InChI is InChI=1S/C14H29N7/c1-11(2)21(6)10-8-7-9-16-13-17-12(15-3)18-14(19-13)20(4)5/h11H,7-10H2,1-6H3,(H2,15,16,17,18,19). The molecule has 0 radical (unpaired) electrons. The van der Waals surface area contributed by atoms with E-state index in [1.54, 1.807) is 7.05 Å². The van der Waals surface area contributed by atoms with Gasteiger partial charge in [0.1, 0.15) is 0 Å². The van der Waals surface area contributed by atoms with Crippen LogP contribution in [0.25, 0.3) is 0 Å². The van der Waals surface area contributed by atoms with Gasteiger partial charge in [0, 0.05) is 33.7 Å².